The van der Waals surface area contributed by atoms with E-state index in [1.165, 1.54) is 6.08 Å². The highest BCUT2D eigenvalue weighted by Gasteiger charge is 2.23. The van der Waals surface area contributed by atoms with Gasteiger partial charge in [-0.1, -0.05) is 34.1 Å². The number of carbonyl (C=O) groups is 2. The number of nitrogens with one attached hydrogen (secondary N) is 1. The zero-order valence-electron chi connectivity index (χ0n) is 13.1. The summed E-state index contributed by atoms with van der Waals surface area (Å²) in [6.07, 6.45) is 4.54. The van der Waals surface area contributed by atoms with Gasteiger partial charge in [0.25, 0.3) is 0 Å². The Labute approximate surface area is 144 Å². The van der Waals surface area contributed by atoms with Crippen LogP contribution in [0.25, 0.3) is 6.08 Å². The fourth-order valence-corrected chi connectivity index (χ4v) is 2.86. The maximum atomic E-state index is 12.0. The number of piperidine rings is 1. The predicted molar refractivity (Wildman–Crippen MR) is 92.9 cm³/mol. The van der Waals surface area contributed by atoms with Crippen LogP contribution >= 0.6 is 15.9 Å². The van der Waals surface area contributed by atoms with E-state index in [0.29, 0.717) is 19.7 Å². The Hall–Kier alpha value is -1.82. The Morgan fingerprint density at radius 2 is 2.04 bits per heavy atom. The minimum absolute atomic E-state index is 0.0945. The van der Waals surface area contributed by atoms with Gasteiger partial charge in [-0.3, -0.25) is 4.79 Å². The first kappa shape index (κ1) is 17.5. The van der Waals surface area contributed by atoms with Crippen LogP contribution in [0.1, 0.15) is 25.3 Å². The molecule has 1 saturated heterocycles. The summed E-state index contributed by atoms with van der Waals surface area (Å²) in [5.74, 6) is -0.115. The van der Waals surface area contributed by atoms with Crippen molar-refractivity contribution in [2.24, 2.45) is 0 Å². The lowest BCUT2D eigenvalue weighted by Crippen LogP contribution is -2.46. The summed E-state index contributed by atoms with van der Waals surface area (Å²) < 4.78 is 5.93. The molecule has 1 aromatic carbocycles. The Morgan fingerprint density at radius 3 is 2.70 bits per heavy atom. The van der Waals surface area contributed by atoms with Crippen molar-refractivity contribution in [2.75, 3.05) is 19.7 Å². The number of amides is 2. The van der Waals surface area contributed by atoms with Crippen molar-refractivity contribution in [1.82, 2.24) is 10.2 Å². The molecule has 1 aliphatic heterocycles. The Bertz CT molecular complexity index is 581. The minimum atomic E-state index is -0.272. The van der Waals surface area contributed by atoms with Gasteiger partial charge in [-0.2, -0.15) is 0 Å². The summed E-state index contributed by atoms with van der Waals surface area (Å²) in [5, 5.41) is 2.98. The number of likely N-dealkylation sites (tertiary alicyclic amines) is 1. The van der Waals surface area contributed by atoms with Crippen molar-refractivity contribution in [2.45, 2.75) is 25.8 Å². The van der Waals surface area contributed by atoms with Crippen LogP contribution in [0.15, 0.2) is 34.8 Å². The van der Waals surface area contributed by atoms with Gasteiger partial charge in [0, 0.05) is 29.7 Å². The first-order valence-corrected chi connectivity index (χ1v) is 8.54. The van der Waals surface area contributed by atoms with Crippen LogP contribution in [-0.2, 0) is 9.53 Å². The molecule has 2 amide bonds. The fourth-order valence-electron chi connectivity index (χ4n) is 2.45. The Morgan fingerprint density at radius 1 is 1.35 bits per heavy atom. The monoisotopic (exact) mass is 380 g/mol. The number of nitrogens with zero attached hydrogens (tertiary/aromatic N) is 1. The average Bonchev–Trinajstić information content (AvgIpc) is 2.55. The molecule has 0 unspecified atom stereocenters. The second kappa shape index (κ2) is 8.72. The summed E-state index contributed by atoms with van der Waals surface area (Å²) >= 11 is 3.45. The van der Waals surface area contributed by atoms with Crippen molar-refractivity contribution in [3.05, 3.63) is 40.4 Å². The lowest BCUT2D eigenvalue weighted by atomic mass is 10.1. The molecule has 0 aliphatic carbocycles. The lowest BCUT2D eigenvalue weighted by Gasteiger charge is -2.31. The van der Waals surface area contributed by atoms with Crippen molar-refractivity contribution in [1.29, 1.82) is 0 Å². The van der Waals surface area contributed by atoms with Crippen LogP contribution < -0.4 is 5.32 Å². The molecule has 0 atom stereocenters. The molecule has 1 aliphatic rings. The number of hydrogen-bond donors (Lipinski definition) is 1. The normalized spacial score (nSPS) is 15.7. The second-order valence-corrected chi connectivity index (χ2v) is 6.18. The van der Waals surface area contributed by atoms with Gasteiger partial charge in [0.1, 0.15) is 0 Å². The molecule has 6 heteroatoms. The largest absolute Gasteiger partial charge is 0.450 e. The molecule has 0 bridgehead atoms. The Kier molecular flexibility index (Phi) is 6.65. The maximum Gasteiger partial charge on any atom is 0.409 e. The standard InChI is InChI=1S/C17H21BrN2O3/c1-2-23-17(22)20-11-9-14(10-12-20)19-16(21)8-7-13-5-3-4-6-15(13)18/h3-8,14H,2,9-12H2,1H3,(H,19,21)/b8-7+. The summed E-state index contributed by atoms with van der Waals surface area (Å²) in [6, 6.07) is 7.82. The number of halogens is 1. The molecule has 23 heavy (non-hydrogen) atoms. The van der Waals surface area contributed by atoms with Gasteiger partial charge in [-0.15, -0.1) is 0 Å². The van der Waals surface area contributed by atoms with Gasteiger partial charge in [-0.25, -0.2) is 4.79 Å². The fraction of sp³-hybridized carbons (Fsp3) is 0.412. The number of carbonyl (C=O) groups excluding carboxylic acids is 2. The van der Waals surface area contributed by atoms with E-state index in [1.807, 2.05) is 24.3 Å². The molecule has 0 saturated carbocycles. The van der Waals surface area contributed by atoms with Crippen LogP contribution in [0.3, 0.4) is 0 Å². The quantitative estimate of drug-likeness (QED) is 0.815. The third-order valence-corrected chi connectivity index (χ3v) is 4.41. The van der Waals surface area contributed by atoms with E-state index >= 15 is 0 Å². The summed E-state index contributed by atoms with van der Waals surface area (Å²) in [5.41, 5.74) is 0.958. The van der Waals surface area contributed by atoms with Crippen LogP contribution in [0.4, 0.5) is 4.79 Å². The summed E-state index contributed by atoms with van der Waals surface area (Å²) in [6.45, 7) is 3.40. The van der Waals surface area contributed by atoms with E-state index in [0.717, 1.165) is 22.9 Å². The Balaban J connectivity index is 1.79. The molecule has 1 aromatic rings. The highest BCUT2D eigenvalue weighted by Crippen LogP contribution is 2.17. The van der Waals surface area contributed by atoms with Gasteiger partial charge in [0.2, 0.25) is 5.91 Å². The number of rotatable bonds is 4. The van der Waals surface area contributed by atoms with Gasteiger partial charge < -0.3 is 15.0 Å². The number of benzene rings is 1. The van der Waals surface area contributed by atoms with Crippen LogP contribution in [0.5, 0.6) is 0 Å². The van der Waals surface area contributed by atoms with Crippen molar-refractivity contribution < 1.29 is 14.3 Å². The van der Waals surface area contributed by atoms with E-state index in [2.05, 4.69) is 21.2 Å². The van der Waals surface area contributed by atoms with Gasteiger partial charge in [0.05, 0.1) is 6.61 Å². The molecule has 0 aromatic heterocycles. The minimum Gasteiger partial charge on any atom is -0.450 e. The predicted octanol–water partition coefficient (Wildman–Crippen LogP) is 3.20. The highest BCUT2D eigenvalue weighted by molar-refractivity contribution is 9.10. The summed E-state index contributed by atoms with van der Waals surface area (Å²) in [7, 11) is 0. The molecular formula is C17H21BrN2O3. The maximum absolute atomic E-state index is 12.0. The zero-order chi connectivity index (χ0) is 16.7. The SMILES string of the molecule is CCOC(=O)N1CCC(NC(=O)/C=C/c2ccccc2Br)CC1. The molecule has 1 heterocycles. The van der Waals surface area contributed by atoms with Crippen molar-refractivity contribution in [3.63, 3.8) is 0 Å². The van der Waals surface area contributed by atoms with Crippen LogP contribution in [0, 0.1) is 0 Å². The lowest BCUT2D eigenvalue weighted by molar-refractivity contribution is -0.117. The summed E-state index contributed by atoms with van der Waals surface area (Å²) in [4.78, 5) is 25.3. The first-order valence-electron chi connectivity index (χ1n) is 7.75. The van der Waals surface area contributed by atoms with E-state index in [4.69, 9.17) is 4.74 Å². The number of ether oxygens (including phenoxy) is 1. The first-order chi connectivity index (χ1) is 11.1. The van der Waals surface area contributed by atoms with Crippen molar-refractivity contribution >= 4 is 34.0 Å². The second-order valence-electron chi connectivity index (χ2n) is 5.32. The third kappa shape index (κ3) is 5.39. The highest BCUT2D eigenvalue weighted by atomic mass is 79.9. The van der Waals surface area contributed by atoms with Crippen LogP contribution in [-0.4, -0.2) is 42.6 Å². The molecule has 0 radical (unpaired) electrons. The van der Waals surface area contributed by atoms with Crippen molar-refractivity contribution in [3.8, 4) is 0 Å². The number of hydrogen-bond acceptors (Lipinski definition) is 3. The third-order valence-electron chi connectivity index (χ3n) is 3.69. The van der Waals surface area contributed by atoms with E-state index in [-0.39, 0.29) is 18.0 Å². The molecule has 1 fully saturated rings. The molecule has 124 valence electrons. The van der Waals surface area contributed by atoms with E-state index in [1.54, 1.807) is 17.9 Å². The van der Waals surface area contributed by atoms with Gasteiger partial charge >= 0.3 is 6.09 Å². The van der Waals surface area contributed by atoms with Gasteiger partial charge in [0.15, 0.2) is 0 Å². The zero-order valence-corrected chi connectivity index (χ0v) is 14.7. The molecule has 0 spiro atoms. The van der Waals surface area contributed by atoms with E-state index in [9.17, 15) is 9.59 Å². The van der Waals surface area contributed by atoms with E-state index < -0.39 is 0 Å². The molecular weight excluding hydrogens is 360 g/mol. The molecule has 2 rings (SSSR count). The smallest absolute Gasteiger partial charge is 0.409 e. The van der Waals surface area contributed by atoms with Crippen LogP contribution in [0.2, 0.25) is 0 Å². The molecule has 1 N–H and O–H groups in total. The van der Waals surface area contributed by atoms with Gasteiger partial charge in [-0.05, 0) is 37.5 Å². The topological polar surface area (TPSA) is 58.6 Å². The average molecular weight is 381 g/mol. The molecule has 5 nitrogen and oxygen atoms in total.